The summed E-state index contributed by atoms with van der Waals surface area (Å²) in [6, 6.07) is 7.29. The molecule has 0 radical (unpaired) electrons. The second kappa shape index (κ2) is 5.55. The molecule has 0 unspecified atom stereocenters. The SMILES string of the molecule is C[Si](C)(C)CCOCn1cnc2ccc(Br)cc21. The average Bonchev–Trinajstić information content (AvgIpc) is 2.66. The molecule has 0 spiro atoms. The molecule has 1 aromatic heterocycles. The van der Waals surface area contributed by atoms with E-state index in [0.717, 1.165) is 22.1 Å². The lowest BCUT2D eigenvalue weighted by Gasteiger charge is -2.15. The van der Waals surface area contributed by atoms with Crippen LogP contribution < -0.4 is 0 Å². The summed E-state index contributed by atoms with van der Waals surface area (Å²) in [6.45, 7) is 8.50. The molecule has 1 aromatic carbocycles. The zero-order valence-corrected chi connectivity index (χ0v) is 13.7. The maximum Gasteiger partial charge on any atom is 0.124 e. The minimum atomic E-state index is -0.999. The normalized spacial score (nSPS) is 12.2. The number of halogens is 1. The molecule has 98 valence electrons. The molecule has 0 aliphatic carbocycles. The molecule has 1 heterocycles. The van der Waals surface area contributed by atoms with Crippen LogP contribution in [0.25, 0.3) is 11.0 Å². The van der Waals surface area contributed by atoms with E-state index in [-0.39, 0.29) is 0 Å². The van der Waals surface area contributed by atoms with Crippen molar-refractivity contribution >= 4 is 35.0 Å². The van der Waals surface area contributed by atoms with Gasteiger partial charge in [0.1, 0.15) is 6.73 Å². The molecule has 18 heavy (non-hydrogen) atoms. The van der Waals surface area contributed by atoms with E-state index < -0.39 is 8.07 Å². The molecule has 0 saturated heterocycles. The van der Waals surface area contributed by atoms with Crippen molar-refractivity contribution in [3.63, 3.8) is 0 Å². The Labute approximate surface area is 117 Å². The zero-order valence-electron chi connectivity index (χ0n) is 11.1. The first-order valence-electron chi connectivity index (χ1n) is 6.14. The summed E-state index contributed by atoms with van der Waals surface area (Å²) < 4.78 is 8.86. The van der Waals surface area contributed by atoms with Crippen molar-refractivity contribution in [1.29, 1.82) is 0 Å². The molecule has 0 N–H and O–H groups in total. The highest BCUT2D eigenvalue weighted by Crippen LogP contribution is 2.19. The highest BCUT2D eigenvalue weighted by Gasteiger charge is 2.12. The Balaban J connectivity index is 1.98. The summed E-state index contributed by atoms with van der Waals surface area (Å²) in [6.07, 6.45) is 1.84. The van der Waals surface area contributed by atoms with Crippen molar-refractivity contribution in [3.05, 3.63) is 29.0 Å². The first kappa shape index (κ1) is 13.8. The molecule has 2 rings (SSSR count). The Hall–Kier alpha value is -0.653. The van der Waals surface area contributed by atoms with Gasteiger partial charge in [0.05, 0.1) is 17.4 Å². The van der Waals surface area contributed by atoms with Crippen LogP contribution in [0.3, 0.4) is 0 Å². The van der Waals surface area contributed by atoms with Crippen molar-refractivity contribution in [3.8, 4) is 0 Å². The highest BCUT2D eigenvalue weighted by molar-refractivity contribution is 9.10. The van der Waals surface area contributed by atoms with Gasteiger partial charge in [-0.15, -0.1) is 0 Å². The van der Waals surface area contributed by atoms with Crippen LogP contribution in [-0.4, -0.2) is 24.2 Å². The van der Waals surface area contributed by atoms with E-state index in [9.17, 15) is 0 Å². The Morgan fingerprint density at radius 1 is 1.33 bits per heavy atom. The van der Waals surface area contributed by atoms with E-state index >= 15 is 0 Å². The topological polar surface area (TPSA) is 27.1 Å². The van der Waals surface area contributed by atoms with Gasteiger partial charge in [-0.25, -0.2) is 4.98 Å². The minimum Gasteiger partial charge on any atom is -0.361 e. The van der Waals surface area contributed by atoms with Crippen LogP contribution in [0.4, 0.5) is 0 Å². The van der Waals surface area contributed by atoms with Gasteiger partial charge in [-0.05, 0) is 24.2 Å². The van der Waals surface area contributed by atoms with Crippen molar-refractivity contribution in [2.45, 2.75) is 32.4 Å². The molecule has 0 fully saturated rings. The number of fused-ring (bicyclic) bond motifs is 1. The van der Waals surface area contributed by atoms with Crippen molar-refractivity contribution in [2.24, 2.45) is 0 Å². The molecule has 0 aliphatic rings. The number of hydrogen-bond donors (Lipinski definition) is 0. The second-order valence-electron chi connectivity index (χ2n) is 5.70. The predicted octanol–water partition coefficient (Wildman–Crippen LogP) is 4.11. The van der Waals surface area contributed by atoms with Crippen LogP contribution in [0.5, 0.6) is 0 Å². The van der Waals surface area contributed by atoms with E-state index in [0.29, 0.717) is 6.73 Å². The van der Waals surface area contributed by atoms with Crippen molar-refractivity contribution < 1.29 is 4.74 Å². The maximum atomic E-state index is 5.74. The first-order valence-corrected chi connectivity index (χ1v) is 10.6. The zero-order chi connectivity index (χ0) is 13.2. The van der Waals surface area contributed by atoms with Gasteiger partial charge in [-0.2, -0.15) is 0 Å². The fourth-order valence-corrected chi connectivity index (χ4v) is 2.78. The quantitative estimate of drug-likeness (QED) is 0.610. The molecule has 0 atom stereocenters. The second-order valence-corrected chi connectivity index (χ2v) is 12.2. The monoisotopic (exact) mass is 326 g/mol. The van der Waals surface area contributed by atoms with Crippen LogP contribution in [-0.2, 0) is 11.5 Å². The number of rotatable bonds is 5. The van der Waals surface area contributed by atoms with Gasteiger partial charge in [0.15, 0.2) is 0 Å². The van der Waals surface area contributed by atoms with E-state index in [1.165, 1.54) is 6.04 Å². The van der Waals surface area contributed by atoms with Crippen molar-refractivity contribution in [1.82, 2.24) is 9.55 Å². The lowest BCUT2D eigenvalue weighted by atomic mass is 10.3. The van der Waals surface area contributed by atoms with Crippen LogP contribution in [0.15, 0.2) is 29.0 Å². The standard InChI is InChI=1S/C13H19BrN2OSi/c1-18(2,3)7-6-17-10-16-9-15-12-5-4-11(14)8-13(12)16/h4-5,8-9H,6-7,10H2,1-3H3. The molecule has 0 amide bonds. The van der Waals surface area contributed by atoms with E-state index in [2.05, 4.69) is 46.6 Å². The third-order valence-electron chi connectivity index (χ3n) is 2.81. The fraction of sp³-hybridized carbons (Fsp3) is 0.462. The summed E-state index contributed by atoms with van der Waals surface area (Å²) in [5.74, 6) is 0. The van der Waals surface area contributed by atoms with Gasteiger partial charge in [0.25, 0.3) is 0 Å². The van der Waals surface area contributed by atoms with E-state index in [4.69, 9.17) is 4.74 Å². The number of nitrogens with zero attached hydrogens (tertiary/aromatic N) is 2. The Morgan fingerprint density at radius 3 is 2.83 bits per heavy atom. The van der Waals surface area contributed by atoms with Crippen LogP contribution in [0.1, 0.15) is 0 Å². The lowest BCUT2D eigenvalue weighted by Crippen LogP contribution is -2.21. The molecule has 0 aliphatic heterocycles. The molecule has 3 nitrogen and oxygen atoms in total. The number of benzene rings is 1. The third kappa shape index (κ3) is 3.67. The number of ether oxygens (including phenoxy) is 1. The van der Waals surface area contributed by atoms with Crippen LogP contribution in [0.2, 0.25) is 25.7 Å². The predicted molar refractivity (Wildman–Crippen MR) is 81.5 cm³/mol. The summed E-state index contributed by atoms with van der Waals surface area (Å²) in [7, 11) is -0.999. The Kier molecular flexibility index (Phi) is 4.24. The lowest BCUT2D eigenvalue weighted by molar-refractivity contribution is 0.0898. The van der Waals surface area contributed by atoms with Gasteiger partial charge >= 0.3 is 0 Å². The molecule has 2 aromatic rings. The number of hydrogen-bond acceptors (Lipinski definition) is 2. The summed E-state index contributed by atoms with van der Waals surface area (Å²) in [5, 5.41) is 0. The molecule has 0 saturated carbocycles. The first-order chi connectivity index (χ1) is 8.46. The van der Waals surface area contributed by atoms with Gasteiger partial charge in [0.2, 0.25) is 0 Å². The average molecular weight is 327 g/mol. The number of aromatic nitrogens is 2. The third-order valence-corrected chi connectivity index (χ3v) is 5.01. The summed E-state index contributed by atoms with van der Waals surface area (Å²) >= 11 is 3.48. The number of imidazole rings is 1. The Bertz CT molecular complexity index is 533. The van der Waals surface area contributed by atoms with Gasteiger partial charge in [0, 0.05) is 19.2 Å². The van der Waals surface area contributed by atoms with E-state index in [1.807, 2.05) is 23.0 Å². The fourth-order valence-electron chi connectivity index (χ4n) is 1.67. The van der Waals surface area contributed by atoms with Crippen molar-refractivity contribution in [2.75, 3.05) is 6.61 Å². The maximum absolute atomic E-state index is 5.74. The largest absolute Gasteiger partial charge is 0.361 e. The minimum absolute atomic E-state index is 0.581. The summed E-state index contributed by atoms with van der Waals surface area (Å²) in [4.78, 5) is 4.36. The van der Waals surface area contributed by atoms with Crippen LogP contribution in [0, 0.1) is 0 Å². The molecule has 0 bridgehead atoms. The Morgan fingerprint density at radius 2 is 2.11 bits per heavy atom. The highest BCUT2D eigenvalue weighted by atomic mass is 79.9. The smallest absolute Gasteiger partial charge is 0.124 e. The molecular weight excluding hydrogens is 308 g/mol. The van der Waals surface area contributed by atoms with Crippen LogP contribution >= 0.6 is 15.9 Å². The molecule has 5 heteroatoms. The van der Waals surface area contributed by atoms with Gasteiger partial charge in [-0.1, -0.05) is 35.6 Å². The van der Waals surface area contributed by atoms with E-state index in [1.54, 1.807) is 0 Å². The van der Waals surface area contributed by atoms with Gasteiger partial charge < -0.3 is 9.30 Å². The van der Waals surface area contributed by atoms with Gasteiger partial charge in [-0.3, -0.25) is 0 Å². The summed E-state index contributed by atoms with van der Waals surface area (Å²) in [5.41, 5.74) is 2.12. The molecular formula is C13H19BrN2OSi.